The Bertz CT molecular complexity index is 660. The summed E-state index contributed by atoms with van der Waals surface area (Å²) in [5.74, 6) is 0.768. The van der Waals surface area contributed by atoms with Crippen LogP contribution in [0.1, 0.15) is 23.6 Å². The molecule has 4 heteroatoms. The number of rotatable bonds is 6. The topological polar surface area (TPSA) is 54.6 Å². The first kappa shape index (κ1) is 14.6. The van der Waals surface area contributed by atoms with Gasteiger partial charge in [-0.1, -0.05) is 35.5 Å². The zero-order valence-corrected chi connectivity index (χ0v) is 11.8. The van der Waals surface area contributed by atoms with Gasteiger partial charge in [-0.25, -0.2) is 0 Å². The second-order valence-electron chi connectivity index (χ2n) is 4.25. The Morgan fingerprint density at radius 2 is 1.90 bits per heavy atom. The fourth-order valence-electron chi connectivity index (χ4n) is 1.83. The van der Waals surface area contributed by atoms with Crippen molar-refractivity contribution < 1.29 is 9.57 Å². The lowest BCUT2D eigenvalue weighted by Crippen LogP contribution is -1.96. The SMILES string of the molecule is CCOc1ccccc1/C=N/OCc1ccccc1C#N. The minimum atomic E-state index is 0.261. The summed E-state index contributed by atoms with van der Waals surface area (Å²) in [6.45, 7) is 2.79. The van der Waals surface area contributed by atoms with Gasteiger partial charge >= 0.3 is 0 Å². The molecule has 2 aromatic rings. The first-order valence-corrected chi connectivity index (χ1v) is 6.70. The third-order valence-electron chi connectivity index (χ3n) is 2.84. The van der Waals surface area contributed by atoms with Gasteiger partial charge < -0.3 is 9.57 Å². The van der Waals surface area contributed by atoms with E-state index < -0.39 is 0 Å². The highest BCUT2D eigenvalue weighted by Gasteiger charge is 2.01. The Hall–Kier alpha value is -2.80. The summed E-state index contributed by atoms with van der Waals surface area (Å²) in [6.07, 6.45) is 1.61. The molecule has 2 rings (SSSR count). The molecule has 0 amide bonds. The monoisotopic (exact) mass is 280 g/mol. The predicted octanol–water partition coefficient (Wildman–Crippen LogP) is 3.51. The molecule has 0 spiro atoms. The van der Waals surface area contributed by atoms with Gasteiger partial charge in [-0.05, 0) is 25.1 Å². The highest BCUT2D eigenvalue weighted by molar-refractivity contribution is 5.83. The molecule has 0 fully saturated rings. The normalized spacial score (nSPS) is 10.3. The minimum absolute atomic E-state index is 0.261. The van der Waals surface area contributed by atoms with Gasteiger partial charge in [0, 0.05) is 11.1 Å². The van der Waals surface area contributed by atoms with Crippen molar-refractivity contribution in [1.82, 2.24) is 0 Å². The van der Waals surface area contributed by atoms with Crippen LogP contribution in [0.4, 0.5) is 0 Å². The van der Waals surface area contributed by atoms with Crippen LogP contribution in [-0.2, 0) is 11.4 Å². The van der Waals surface area contributed by atoms with Crippen LogP contribution in [0.25, 0.3) is 0 Å². The van der Waals surface area contributed by atoms with Gasteiger partial charge in [-0.2, -0.15) is 5.26 Å². The molecule has 0 aromatic heterocycles. The summed E-state index contributed by atoms with van der Waals surface area (Å²) < 4.78 is 5.50. The maximum atomic E-state index is 8.99. The Balaban J connectivity index is 1.99. The Labute approximate surface area is 124 Å². The molecule has 0 aliphatic rings. The van der Waals surface area contributed by atoms with Gasteiger partial charge in [0.1, 0.15) is 12.4 Å². The van der Waals surface area contributed by atoms with E-state index in [2.05, 4.69) is 11.2 Å². The number of hydrogen-bond donors (Lipinski definition) is 0. The van der Waals surface area contributed by atoms with Crippen LogP contribution in [0.3, 0.4) is 0 Å². The molecule has 0 heterocycles. The van der Waals surface area contributed by atoms with Gasteiger partial charge in [-0.3, -0.25) is 0 Å². The zero-order chi connectivity index (χ0) is 14.9. The van der Waals surface area contributed by atoms with Crippen LogP contribution in [0, 0.1) is 11.3 Å². The average molecular weight is 280 g/mol. The van der Waals surface area contributed by atoms with Crippen molar-refractivity contribution >= 4 is 6.21 Å². The number of nitriles is 1. The lowest BCUT2D eigenvalue weighted by atomic mass is 10.1. The van der Waals surface area contributed by atoms with Crippen LogP contribution < -0.4 is 4.74 Å². The molecule has 2 aromatic carbocycles. The van der Waals surface area contributed by atoms with Crippen molar-refractivity contribution in [3.05, 3.63) is 65.2 Å². The van der Waals surface area contributed by atoms with Crippen LogP contribution in [-0.4, -0.2) is 12.8 Å². The van der Waals surface area contributed by atoms with E-state index in [1.165, 1.54) is 0 Å². The van der Waals surface area contributed by atoms with Crippen molar-refractivity contribution in [1.29, 1.82) is 5.26 Å². The molecule has 4 nitrogen and oxygen atoms in total. The molecule has 21 heavy (non-hydrogen) atoms. The first-order valence-electron chi connectivity index (χ1n) is 6.70. The third-order valence-corrected chi connectivity index (χ3v) is 2.84. The highest BCUT2D eigenvalue weighted by atomic mass is 16.6. The van der Waals surface area contributed by atoms with E-state index in [4.69, 9.17) is 14.8 Å². The first-order chi connectivity index (χ1) is 10.3. The average Bonchev–Trinajstić information content (AvgIpc) is 2.53. The van der Waals surface area contributed by atoms with Crippen LogP contribution in [0.15, 0.2) is 53.7 Å². The van der Waals surface area contributed by atoms with Crippen LogP contribution >= 0.6 is 0 Å². The van der Waals surface area contributed by atoms with E-state index in [1.54, 1.807) is 12.3 Å². The fraction of sp³-hybridized carbons (Fsp3) is 0.176. The van der Waals surface area contributed by atoms with Crippen molar-refractivity contribution in [2.45, 2.75) is 13.5 Å². The third kappa shape index (κ3) is 4.08. The van der Waals surface area contributed by atoms with Gasteiger partial charge in [0.05, 0.1) is 24.5 Å². The molecule has 0 aliphatic carbocycles. The molecule has 0 bridgehead atoms. The number of ether oxygens (including phenoxy) is 1. The van der Waals surface area contributed by atoms with Gasteiger partial charge in [0.2, 0.25) is 0 Å². The maximum absolute atomic E-state index is 8.99. The van der Waals surface area contributed by atoms with E-state index in [0.717, 1.165) is 16.9 Å². The Morgan fingerprint density at radius 1 is 1.14 bits per heavy atom. The summed E-state index contributed by atoms with van der Waals surface area (Å²) in [5.41, 5.74) is 2.27. The molecule has 0 radical (unpaired) electrons. The Kier molecular flexibility index (Phi) is 5.36. The largest absolute Gasteiger partial charge is 0.493 e. The molecule has 0 atom stereocenters. The number of benzene rings is 2. The summed E-state index contributed by atoms with van der Waals surface area (Å²) in [6, 6.07) is 17.0. The lowest BCUT2D eigenvalue weighted by Gasteiger charge is -2.06. The highest BCUT2D eigenvalue weighted by Crippen LogP contribution is 2.16. The summed E-state index contributed by atoms with van der Waals surface area (Å²) in [5, 5.41) is 12.9. The second kappa shape index (κ2) is 7.71. The predicted molar refractivity (Wildman–Crippen MR) is 81.2 cm³/mol. The van der Waals surface area contributed by atoms with Crippen LogP contribution in [0.5, 0.6) is 5.75 Å². The van der Waals surface area contributed by atoms with Crippen molar-refractivity contribution in [2.24, 2.45) is 5.16 Å². The zero-order valence-electron chi connectivity index (χ0n) is 11.8. The molecule has 0 unspecified atom stereocenters. The minimum Gasteiger partial charge on any atom is -0.493 e. The number of oxime groups is 1. The molecule has 0 saturated carbocycles. The molecule has 0 saturated heterocycles. The maximum Gasteiger partial charge on any atom is 0.143 e. The van der Waals surface area contributed by atoms with Crippen molar-refractivity contribution in [3.8, 4) is 11.8 Å². The van der Waals surface area contributed by atoms with E-state index in [9.17, 15) is 0 Å². The fourth-order valence-corrected chi connectivity index (χ4v) is 1.83. The van der Waals surface area contributed by atoms with Crippen molar-refractivity contribution in [2.75, 3.05) is 6.61 Å². The molecule has 0 N–H and O–H groups in total. The molecular weight excluding hydrogens is 264 g/mol. The smallest absolute Gasteiger partial charge is 0.143 e. The number of hydrogen-bond acceptors (Lipinski definition) is 4. The summed E-state index contributed by atoms with van der Waals surface area (Å²) in [4.78, 5) is 5.26. The molecule has 0 aliphatic heterocycles. The summed E-state index contributed by atoms with van der Waals surface area (Å²) in [7, 11) is 0. The summed E-state index contributed by atoms with van der Waals surface area (Å²) >= 11 is 0. The number of nitrogens with zero attached hydrogens (tertiary/aromatic N) is 2. The van der Waals surface area contributed by atoms with Gasteiger partial charge in [-0.15, -0.1) is 0 Å². The lowest BCUT2D eigenvalue weighted by molar-refractivity contribution is 0.132. The van der Waals surface area contributed by atoms with E-state index in [1.807, 2.05) is 49.4 Å². The van der Waals surface area contributed by atoms with Gasteiger partial charge in [0.25, 0.3) is 0 Å². The molecular formula is C17H16N2O2. The standard InChI is InChI=1S/C17H16N2O2/c1-2-20-17-10-6-5-8-15(17)12-19-21-13-16-9-4-3-7-14(16)11-18/h3-10,12H,2,13H2,1H3/b19-12+. The van der Waals surface area contributed by atoms with Crippen LogP contribution in [0.2, 0.25) is 0 Å². The van der Waals surface area contributed by atoms with Crippen molar-refractivity contribution in [3.63, 3.8) is 0 Å². The van der Waals surface area contributed by atoms with E-state index in [-0.39, 0.29) is 6.61 Å². The Morgan fingerprint density at radius 3 is 2.71 bits per heavy atom. The number of para-hydroxylation sites is 1. The van der Waals surface area contributed by atoms with Gasteiger partial charge in [0.15, 0.2) is 0 Å². The quantitative estimate of drug-likeness (QED) is 0.601. The van der Waals surface area contributed by atoms with E-state index >= 15 is 0 Å². The molecule has 106 valence electrons. The van der Waals surface area contributed by atoms with E-state index in [0.29, 0.717) is 12.2 Å². The second-order valence-corrected chi connectivity index (χ2v) is 4.25.